The van der Waals surface area contributed by atoms with Crippen LogP contribution in [0.4, 0.5) is 0 Å². The minimum Gasteiger partial charge on any atom is -0.370 e. The lowest BCUT2D eigenvalue weighted by atomic mass is 9.71. The van der Waals surface area contributed by atoms with Crippen molar-refractivity contribution in [3.63, 3.8) is 0 Å². The predicted octanol–water partition coefficient (Wildman–Crippen LogP) is 5.10. The molecule has 2 amide bonds. The van der Waals surface area contributed by atoms with E-state index in [2.05, 4.69) is 35.6 Å². The average Bonchev–Trinajstić information content (AvgIpc) is 3.48. The Kier molecular flexibility index (Phi) is 6.84. The number of benzene rings is 2. The van der Waals surface area contributed by atoms with Crippen molar-refractivity contribution in [2.24, 2.45) is 0 Å². The summed E-state index contributed by atoms with van der Waals surface area (Å²) in [6.07, 6.45) is 4.94. The van der Waals surface area contributed by atoms with Crippen molar-refractivity contribution in [3.05, 3.63) is 99.8 Å². The fourth-order valence-corrected chi connectivity index (χ4v) is 6.19. The monoisotopic (exact) mass is 486 g/mol. The summed E-state index contributed by atoms with van der Waals surface area (Å²) in [4.78, 5) is 28.1. The topological polar surface area (TPSA) is 58.6 Å². The Morgan fingerprint density at radius 1 is 1.06 bits per heavy atom. The van der Waals surface area contributed by atoms with Crippen LogP contribution >= 0.6 is 11.3 Å². The van der Waals surface area contributed by atoms with Crippen LogP contribution in [0.2, 0.25) is 0 Å². The maximum absolute atomic E-state index is 12.9. The number of carbonyl (C=O) groups is 2. The number of thiophene rings is 1. The molecule has 2 atom stereocenters. The Morgan fingerprint density at radius 3 is 2.51 bits per heavy atom. The highest BCUT2D eigenvalue weighted by molar-refractivity contribution is 7.10. The van der Waals surface area contributed by atoms with Gasteiger partial charge in [0.05, 0.1) is 18.8 Å². The van der Waals surface area contributed by atoms with Gasteiger partial charge in [-0.1, -0.05) is 60.7 Å². The predicted molar refractivity (Wildman–Crippen MR) is 139 cm³/mol. The number of nitrogens with zero attached hydrogens (tertiary/aromatic N) is 1. The van der Waals surface area contributed by atoms with Gasteiger partial charge in [-0.2, -0.15) is 0 Å². The second-order valence-corrected chi connectivity index (χ2v) is 10.3. The van der Waals surface area contributed by atoms with Gasteiger partial charge in [-0.25, -0.2) is 0 Å². The fraction of sp³-hybridized carbons (Fsp3) is 0.310. The largest absolute Gasteiger partial charge is 0.370 e. The molecule has 2 aromatic carbocycles. The summed E-state index contributed by atoms with van der Waals surface area (Å²) in [5.41, 5.74) is 3.20. The van der Waals surface area contributed by atoms with Crippen molar-refractivity contribution in [3.8, 4) is 0 Å². The summed E-state index contributed by atoms with van der Waals surface area (Å²) < 4.78 is 6.64. The van der Waals surface area contributed by atoms with Gasteiger partial charge >= 0.3 is 0 Å². The molecule has 1 aliphatic heterocycles. The van der Waals surface area contributed by atoms with E-state index >= 15 is 0 Å². The molecule has 1 aromatic heterocycles. The highest BCUT2D eigenvalue weighted by Crippen LogP contribution is 2.52. The number of nitrogens with one attached hydrogen (secondary N) is 1. The van der Waals surface area contributed by atoms with E-state index in [1.807, 2.05) is 52.8 Å². The molecule has 1 N–H and O–H groups in total. The van der Waals surface area contributed by atoms with Crippen LogP contribution < -0.4 is 5.32 Å². The van der Waals surface area contributed by atoms with Crippen LogP contribution in [-0.2, 0) is 26.3 Å². The first-order chi connectivity index (χ1) is 17.1. The van der Waals surface area contributed by atoms with E-state index in [1.54, 1.807) is 24.3 Å². The van der Waals surface area contributed by atoms with Gasteiger partial charge in [0.15, 0.2) is 0 Å². The molecule has 5 nitrogen and oxygen atoms in total. The first-order valence-corrected chi connectivity index (χ1v) is 13.0. The molecule has 35 heavy (non-hydrogen) atoms. The van der Waals surface area contributed by atoms with Crippen LogP contribution in [0, 0.1) is 0 Å². The van der Waals surface area contributed by atoms with E-state index in [0.29, 0.717) is 19.7 Å². The lowest BCUT2D eigenvalue weighted by Gasteiger charge is -2.44. The summed E-state index contributed by atoms with van der Waals surface area (Å²) in [6, 6.07) is 22.3. The Bertz CT molecular complexity index is 1200. The SMILES string of the molecule is CC(=O)N[C@@H]1c2ccccc2C2(CCN(C(=O)/C=C/c3cccs3)CC2)[C@H]1OCc1ccccc1. The van der Waals surface area contributed by atoms with E-state index in [0.717, 1.165) is 28.8 Å². The molecule has 180 valence electrons. The van der Waals surface area contributed by atoms with Crippen LogP contribution in [0.1, 0.15) is 47.4 Å². The van der Waals surface area contributed by atoms with Gasteiger partial charge < -0.3 is 15.0 Å². The highest BCUT2D eigenvalue weighted by Gasteiger charge is 2.54. The smallest absolute Gasteiger partial charge is 0.246 e. The van der Waals surface area contributed by atoms with Gasteiger partial charge in [0.2, 0.25) is 11.8 Å². The number of carbonyl (C=O) groups excluding carboxylic acids is 2. The van der Waals surface area contributed by atoms with Crippen molar-refractivity contribution in [1.29, 1.82) is 0 Å². The molecule has 1 spiro atoms. The number of piperidine rings is 1. The number of likely N-dealkylation sites (tertiary alicyclic amines) is 1. The number of ether oxygens (including phenoxy) is 1. The summed E-state index contributed by atoms with van der Waals surface area (Å²) in [6.45, 7) is 3.34. The van der Waals surface area contributed by atoms with Crippen molar-refractivity contribution >= 4 is 29.2 Å². The standard InChI is InChI=1S/C29H30N2O3S/c1-21(32)30-27-24-11-5-6-12-25(24)29(28(27)34-20-22-8-3-2-4-9-22)15-17-31(18-16-29)26(33)14-13-23-10-7-19-35-23/h2-14,19,27-28H,15-18,20H2,1H3,(H,30,32)/b14-13+/t27-,28+/m1/s1. The molecule has 0 radical (unpaired) electrons. The van der Waals surface area contributed by atoms with Crippen LogP contribution in [0.25, 0.3) is 6.08 Å². The molecule has 0 saturated carbocycles. The maximum atomic E-state index is 12.9. The normalized spacial score (nSPS) is 20.8. The Balaban J connectivity index is 1.39. The Morgan fingerprint density at radius 2 is 1.80 bits per heavy atom. The number of rotatable bonds is 6. The second kappa shape index (κ2) is 10.2. The molecule has 1 saturated heterocycles. The third kappa shape index (κ3) is 4.81. The van der Waals surface area contributed by atoms with Crippen LogP contribution in [0.3, 0.4) is 0 Å². The van der Waals surface area contributed by atoms with Crippen molar-refractivity contribution in [2.75, 3.05) is 13.1 Å². The zero-order valence-electron chi connectivity index (χ0n) is 19.9. The molecule has 1 aliphatic carbocycles. The summed E-state index contributed by atoms with van der Waals surface area (Å²) in [5, 5.41) is 5.18. The molecule has 2 heterocycles. The van der Waals surface area contributed by atoms with Crippen molar-refractivity contribution in [1.82, 2.24) is 10.2 Å². The number of fused-ring (bicyclic) bond motifs is 2. The van der Waals surface area contributed by atoms with E-state index in [-0.39, 0.29) is 29.4 Å². The molecular weight excluding hydrogens is 456 g/mol. The van der Waals surface area contributed by atoms with Gasteiger partial charge in [-0.15, -0.1) is 11.3 Å². The minimum atomic E-state index is -0.257. The van der Waals surface area contributed by atoms with Gasteiger partial charge in [-0.05, 0) is 47.1 Å². The lowest BCUT2D eigenvalue weighted by molar-refractivity contribution is -0.129. The van der Waals surface area contributed by atoms with Gasteiger partial charge in [-0.3, -0.25) is 9.59 Å². The maximum Gasteiger partial charge on any atom is 0.246 e. The van der Waals surface area contributed by atoms with Crippen molar-refractivity contribution in [2.45, 2.75) is 43.9 Å². The zero-order valence-corrected chi connectivity index (χ0v) is 20.7. The molecule has 0 unspecified atom stereocenters. The van der Waals surface area contributed by atoms with Crippen molar-refractivity contribution < 1.29 is 14.3 Å². The summed E-state index contributed by atoms with van der Waals surface area (Å²) in [5.74, 6) is -0.0267. The summed E-state index contributed by atoms with van der Waals surface area (Å²) >= 11 is 1.62. The van der Waals surface area contributed by atoms with Crippen LogP contribution in [0.15, 0.2) is 78.2 Å². The molecule has 5 rings (SSSR count). The number of hydrogen-bond donors (Lipinski definition) is 1. The third-order valence-corrected chi connectivity index (χ3v) is 8.05. The molecule has 3 aromatic rings. The quantitative estimate of drug-likeness (QED) is 0.494. The lowest BCUT2D eigenvalue weighted by Crippen LogP contribution is -2.51. The van der Waals surface area contributed by atoms with E-state index in [1.165, 1.54) is 5.56 Å². The molecule has 6 heteroatoms. The van der Waals surface area contributed by atoms with Gasteiger partial charge in [0.25, 0.3) is 0 Å². The highest BCUT2D eigenvalue weighted by atomic mass is 32.1. The van der Waals surface area contributed by atoms with Crippen LogP contribution in [-0.4, -0.2) is 35.9 Å². The third-order valence-electron chi connectivity index (χ3n) is 7.21. The second-order valence-electron chi connectivity index (χ2n) is 9.31. The number of hydrogen-bond acceptors (Lipinski definition) is 4. The van der Waals surface area contributed by atoms with Gasteiger partial charge in [0, 0.05) is 36.4 Å². The fourth-order valence-electron chi connectivity index (χ4n) is 5.57. The first-order valence-electron chi connectivity index (χ1n) is 12.1. The average molecular weight is 487 g/mol. The van der Waals surface area contributed by atoms with Crippen LogP contribution in [0.5, 0.6) is 0 Å². The molecule has 2 aliphatic rings. The number of amides is 2. The van der Waals surface area contributed by atoms with E-state index in [9.17, 15) is 9.59 Å². The van der Waals surface area contributed by atoms with E-state index < -0.39 is 0 Å². The molecular formula is C29H30N2O3S. The molecule has 0 bridgehead atoms. The first kappa shape index (κ1) is 23.5. The Hall–Kier alpha value is -3.22. The molecule has 1 fully saturated rings. The zero-order chi connectivity index (χ0) is 24.3. The van der Waals surface area contributed by atoms with E-state index in [4.69, 9.17) is 4.74 Å². The van der Waals surface area contributed by atoms with Gasteiger partial charge in [0.1, 0.15) is 0 Å². The Labute approximate surface area is 210 Å². The summed E-state index contributed by atoms with van der Waals surface area (Å²) in [7, 11) is 0. The minimum absolute atomic E-state index is 0.0414.